The summed E-state index contributed by atoms with van der Waals surface area (Å²) in [5, 5.41) is 7.01. The molecule has 1 N–H and O–H groups in total. The van der Waals surface area contributed by atoms with E-state index in [1.807, 2.05) is 0 Å². The van der Waals surface area contributed by atoms with Crippen molar-refractivity contribution in [1.82, 2.24) is 19.4 Å². The maximum atomic E-state index is 13.5. The molecule has 0 radical (unpaired) electrons. The number of carbonyl (C=O) groups is 1. The number of benzene rings is 2. The van der Waals surface area contributed by atoms with Crippen LogP contribution in [0.1, 0.15) is 24.0 Å². The zero-order valence-corrected chi connectivity index (χ0v) is 19.4. The van der Waals surface area contributed by atoms with Gasteiger partial charge in [-0.15, -0.1) is 5.10 Å². The van der Waals surface area contributed by atoms with Crippen molar-refractivity contribution >= 4 is 16.9 Å². The zero-order valence-electron chi connectivity index (χ0n) is 18.6. The van der Waals surface area contributed by atoms with Gasteiger partial charge in [-0.25, -0.2) is 17.6 Å². The zero-order chi connectivity index (χ0) is 25.2. The van der Waals surface area contributed by atoms with Crippen LogP contribution in [0.2, 0.25) is 0 Å². The number of ether oxygens (including phenoxy) is 1. The van der Waals surface area contributed by atoms with Crippen LogP contribution < -0.4 is 10.1 Å². The van der Waals surface area contributed by atoms with Gasteiger partial charge in [0.25, 0.3) is 0 Å². The van der Waals surface area contributed by atoms with Crippen LogP contribution in [-0.2, 0) is 28.5 Å². The fourth-order valence-electron chi connectivity index (χ4n) is 3.83. The third kappa shape index (κ3) is 5.54. The van der Waals surface area contributed by atoms with Crippen molar-refractivity contribution in [2.24, 2.45) is 0 Å². The number of nitrogens with one attached hydrogen (secondary N) is 1. The van der Waals surface area contributed by atoms with Crippen molar-refractivity contribution in [2.45, 2.75) is 36.5 Å². The lowest BCUT2D eigenvalue weighted by Gasteiger charge is -2.22. The van der Waals surface area contributed by atoms with Crippen LogP contribution in [0.15, 0.2) is 59.6 Å². The molecule has 0 aliphatic carbocycles. The molecule has 0 spiro atoms. The van der Waals surface area contributed by atoms with Gasteiger partial charge < -0.3 is 10.1 Å². The van der Waals surface area contributed by atoms with Gasteiger partial charge in [-0.1, -0.05) is 6.07 Å². The Morgan fingerprint density at radius 3 is 2.63 bits per heavy atom. The smallest absolute Gasteiger partial charge is 0.416 e. The van der Waals surface area contributed by atoms with E-state index >= 15 is 0 Å². The summed E-state index contributed by atoms with van der Waals surface area (Å²) in [5.41, 5.74) is 0.127. The molecular formula is C23H22F4N4O3S. The Morgan fingerprint density at radius 1 is 1.23 bits per heavy atom. The topological polar surface area (TPSA) is 76.5 Å². The minimum absolute atomic E-state index is 0.0413. The highest BCUT2D eigenvalue weighted by molar-refractivity contribution is 7.82. The monoisotopic (exact) mass is 510 g/mol. The number of halogens is 4. The lowest BCUT2D eigenvalue weighted by molar-refractivity contribution is -0.137. The number of methoxy groups -OCH3 is 1. The first-order chi connectivity index (χ1) is 16.7. The Hall–Kier alpha value is -3.25. The molecule has 7 nitrogen and oxygen atoms in total. The molecule has 1 fully saturated rings. The molecule has 3 aromatic rings. The van der Waals surface area contributed by atoms with E-state index in [1.54, 1.807) is 12.3 Å². The molecule has 2 heterocycles. The summed E-state index contributed by atoms with van der Waals surface area (Å²) in [6, 6.07) is 9.29. The van der Waals surface area contributed by atoms with Gasteiger partial charge in [-0.2, -0.15) is 13.2 Å². The summed E-state index contributed by atoms with van der Waals surface area (Å²) in [6.07, 6.45) is -1.73. The fraction of sp³-hybridized carbons (Fsp3) is 0.304. The Bertz CT molecular complexity index is 1230. The molecule has 2 aromatic carbocycles. The van der Waals surface area contributed by atoms with Crippen LogP contribution in [0.3, 0.4) is 0 Å². The molecule has 1 aliphatic heterocycles. The summed E-state index contributed by atoms with van der Waals surface area (Å²) in [4.78, 5) is 13.2. The van der Waals surface area contributed by atoms with Gasteiger partial charge in [0, 0.05) is 19.3 Å². The Morgan fingerprint density at radius 2 is 1.97 bits per heavy atom. The number of hydrogen-bond acceptors (Lipinski definition) is 4. The van der Waals surface area contributed by atoms with E-state index in [-0.39, 0.29) is 23.2 Å². The first kappa shape index (κ1) is 24.9. The number of alkyl halides is 3. The molecule has 4 rings (SSSR count). The molecule has 0 saturated carbocycles. The van der Waals surface area contributed by atoms with Gasteiger partial charge in [0.1, 0.15) is 22.8 Å². The Balaban J connectivity index is 1.45. The van der Waals surface area contributed by atoms with Crippen LogP contribution >= 0.6 is 0 Å². The predicted molar refractivity (Wildman–Crippen MR) is 120 cm³/mol. The molecular weight excluding hydrogens is 488 g/mol. The normalized spacial score (nSPS) is 17.3. The van der Waals surface area contributed by atoms with Gasteiger partial charge in [0.2, 0.25) is 11.8 Å². The first-order valence-electron chi connectivity index (χ1n) is 10.7. The van der Waals surface area contributed by atoms with Crippen molar-refractivity contribution in [1.29, 1.82) is 0 Å². The van der Waals surface area contributed by atoms with Crippen molar-refractivity contribution in [2.75, 3.05) is 13.7 Å². The summed E-state index contributed by atoms with van der Waals surface area (Å²) in [5.74, 6) is -0.651. The lowest BCUT2D eigenvalue weighted by atomic mass is 10.2. The second-order valence-electron chi connectivity index (χ2n) is 7.88. The molecule has 1 unspecified atom stereocenters. The third-order valence-electron chi connectivity index (χ3n) is 5.57. The lowest BCUT2D eigenvalue weighted by Crippen LogP contribution is -2.43. The van der Waals surface area contributed by atoms with E-state index in [1.165, 1.54) is 46.4 Å². The third-order valence-corrected chi connectivity index (χ3v) is 7.09. The molecule has 1 saturated heterocycles. The summed E-state index contributed by atoms with van der Waals surface area (Å²) in [7, 11) is -0.297. The average Bonchev–Trinajstić information content (AvgIpc) is 3.49. The highest BCUT2D eigenvalue weighted by atomic mass is 32.2. The van der Waals surface area contributed by atoms with Crippen LogP contribution in [0.4, 0.5) is 17.6 Å². The van der Waals surface area contributed by atoms with E-state index in [4.69, 9.17) is 4.74 Å². The van der Waals surface area contributed by atoms with Crippen LogP contribution in [0.5, 0.6) is 5.88 Å². The van der Waals surface area contributed by atoms with Crippen molar-refractivity contribution in [3.8, 4) is 11.6 Å². The summed E-state index contributed by atoms with van der Waals surface area (Å²) >= 11 is 0. The molecule has 35 heavy (non-hydrogen) atoms. The van der Waals surface area contributed by atoms with E-state index in [0.29, 0.717) is 30.6 Å². The van der Waals surface area contributed by atoms with E-state index < -0.39 is 34.6 Å². The van der Waals surface area contributed by atoms with Gasteiger partial charge in [-0.05, 0) is 55.3 Å². The predicted octanol–water partition coefficient (Wildman–Crippen LogP) is 3.84. The highest BCUT2D eigenvalue weighted by Crippen LogP contribution is 2.30. The van der Waals surface area contributed by atoms with E-state index in [9.17, 15) is 26.6 Å². The molecule has 0 bridgehead atoms. The minimum Gasteiger partial charge on any atom is -0.480 e. The van der Waals surface area contributed by atoms with Gasteiger partial charge >= 0.3 is 6.18 Å². The fourth-order valence-corrected chi connectivity index (χ4v) is 5.24. The van der Waals surface area contributed by atoms with Gasteiger partial charge in [-0.3, -0.25) is 4.79 Å². The second kappa shape index (κ2) is 10.2. The largest absolute Gasteiger partial charge is 0.480 e. The average molecular weight is 511 g/mol. The molecule has 1 aromatic heterocycles. The van der Waals surface area contributed by atoms with Crippen LogP contribution in [-0.4, -0.2) is 43.9 Å². The van der Waals surface area contributed by atoms with E-state index in [0.717, 1.165) is 12.1 Å². The van der Waals surface area contributed by atoms with Crippen molar-refractivity contribution in [3.63, 3.8) is 0 Å². The molecule has 186 valence electrons. The van der Waals surface area contributed by atoms with Gasteiger partial charge in [0.15, 0.2) is 0 Å². The number of rotatable bonds is 7. The van der Waals surface area contributed by atoms with Gasteiger partial charge in [0.05, 0.1) is 28.8 Å². The second-order valence-corrected chi connectivity index (χ2v) is 9.31. The quantitative estimate of drug-likeness (QED) is 0.490. The number of aromatic nitrogens is 2. The first-order valence-corrected chi connectivity index (χ1v) is 11.8. The molecule has 12 heteroatoms. The maximum Gasteiger partial charge on any atom is 0.416 e. The molecule has 1 amide bonds. The summed E-state index contributed by atoms with van der Waals surface area (Å²) in [6.45, 7) is 0.468. The summed E-state index contributed by atoms with van der Waals surface area (Å²) < 4.78 is 73.1. The standard InChI is InChI=1S/C23H22F4N4O3S/c1-34-22-15(14-30(29-22)18-9-7-16(8-10-18)23(25,26)27)13-28-21(32)20-6-3-11-31(20)35(33)19-5-2-4-17(24)12-19/h2,4-5,7-10,12,14,20H,3,6,11,13H2,1H3,(H,28,32)/t20-,35?/m0/s1. The van der Waals surface area contributed by atoms with Crippen molar-refractivity contribution in [3.05, 3.63) is 71.7 Å². The molecule has 1 aliphatic rings. The Kier molecular flexibility index (Phi) is 7.22. The van der Waals surface area contributed by atoms with E-state index in [2.05, 4.69) is 10.4 Å². The van der Waals surface area contributed by atoms with Crippen LogP contribution in [0, 0.1) is 5.82 Å². The number of amides is 1. The van der Waals surface area contributed by atoms with Crippen molar-refractivity contribution < 1.29 is 31.3 Å². The number of hydrogen-bond donors (Lipinski definition) is 1. The Labute approximate surface area is 201 Å². The maximum absolute atomic E-state index is 13.5. The van der Waals surface area contributed by atoms with Crippen LogP contribution in [0.25, 0.3) is 5.69 Å². The highest BCUT2D eigenvalue weighted by Gasteiger charge is 2.35. The number of carbonyl (C=O) groups excluding carboxylic acids is 1. The minimum atomic E-state index is -4.44. The SMILES string of the molecule is COc1nn(-c2ccc(C(F)(F)F)cc2)cc1CNC(=O)[C@@H]1CCCN1S(=O)c1cccc(F)c1. The number of nitrogens with zero attached hydrogens (tertiary/aromatic N) is 3. The molecule has 2 atom stereocenters.